The number of benzene rings is 1. The molecule has 3 amide bonds. The molecule has 0 aliphatic carbocycles. The molecule has 11 nitrogen and oxygen atoms in total. The number of aryl methyl sites for hydroxylation is 1. The Labute approximate surface area is 260 Å². The number of fused-ring (bicyclic) bond motifs is 1. The average Bonchev–Trinajstić information content (AvgIpc) is 3.38. The number of hydrogen-bond acceptors (Lipinski definition) is 9. The zero-order chi connectivity index (χ0) is 31.9. The van der Waals surface area contributed by atoms with Crippen LogP contribution in [-0.4, -0.2) is 86.1 Å². The molecular formula is C31H49N5O6S. The number of carbonyl (C=O) groups is 4. The second kappa shape index (κ2) is 22.2. The van der Waals surface area contributed by atoms with Gasteiger partial charge in [0, 0.05) is 53.7 Å². The Balaban J connectivity index is 0.000000347. The molecule has 1 aromatic heterocycles. The Bertz CT molecular complexity index is 1120. The van der Waals surface area contributed by atoms with Crippen molar-refractivity contribution in [3.8, 4) is 5.75 Å². The highest BCUT2D eigenvalue weighted by molar-refractivity contribution is 7.99. The first-order valence-corrected chi connectivity index (χ1v) is 15.9. The summed E-state index contributed by atoms with van der Waals surface area (Å²) in [7, 11) is 1.94. The van der Waals surface area contributed by atoms with Gasteiger partial charge in [-0.05, 0) is 45.9 Å². The van der Waals surface area contributed by atoms with Gasteiger partial charge in [0.1, 0.15) is 5.75 Å². The molecule has 2 unspecified atom stereocenters. The SMILES string of the molecule is CCCCC(=O)NCCNC=O.CCCCOC(=O)COc1cc(C)nc2ccccc12.CNC1(C)CSCC1NC=O. The molecule has 43 heavy (non-hydrogen) atoms. The van der Waals surface area contributed by atoms with Gasteiger partial charge in [-0.15, -0.1) is 0 Å². The lowest BCUT2D eigenvalue weighted by Gasteiger charge is -2.29. The zero-order valence-corrected chi connectivity index (χ0v) is 27.0. The molecule has 2 heterocycles. The number of rotatable bonds is 16. The number of thioether (sulfide) groups is 1. The Morgan fingerprint density at radius 2 is 1.86 bits per heavy atom. The van der Waals surface area contributed by atoms with E-state index < -0.39 is 0 Å². The van der Waals surface area contributed by atoms with Crippen LogP contribution in [0.25, 0.3) is 10.9 Å². The summed E-state index contributed by atoms with van der Waals surface area (Å²) in [6, 6.07) is 9.81. The van der Waals surface area contributed by atoms with Crippen LogP contribution in [0.2, 0.25) is 0 Å². The lowest BCUT2D eigenvalue weighted by atomic mass is 9.97. The minimum atomic E-state index is -0.336. The first-order chi connectivity index (χ1) is 20.7. The maximum atomic E-state index is 11.5. The van der Waals surface area contributed by atoms with Gasteiger partial charge in [0.2, 0.25) is 18.7 Å². The molecular weight excluding hydrogens is 570 g/mol. The van der Waals surface area contributed by atoms with Gasteiger partial charge in [-0.2, -0.15) is 11.8 Å². The molecule has 240 valence electrons. The summed E-state index contributed by atoms with van der Waals surface area (Å²) in [6.07, 6.45) is 5.82. The summed E-state index contributed by atoms with van der Waals surface area (Å²) >= 11 is 1.87. The zero-order valence-electron chi connectivity index (χ0n) is 26.2. The molecule has 1 aliphatic rings. The summed E-state index contributed by atoms with van der Waals surface area (Å²) in [4.78, 5) is 46.9. The van der Waals surface area contributed by atoms with Gasteiger partial charge in [-0.25, -0.2) is 4.79 Å². The lowest BCUT2D eigenvalue weighted by Crippen LogP contribution is -2.55. The van der Waals surface area contributed by atoms with E-state index in [0.717, 1.165) is 60.2 Å². The Morgan fingerprint density at radius 1 is 1.12 bits per heavy atom. The van der Waals surface area contributed by atoms with Gasteiger partial charge in [0.05, 0.1) is 18.2 Å². The van der Waals surface area contributed by atoms with Crippen molar-refractivity contribution in [1.29, 1.82) is 0 Å². The first-order valence-electron chi connectivity index (χ1n) is 14.8. The van der Waals surface area contributed by atoms with Crippen LogP contribution in [0, 0.1) is 6.92 Å². The number of para-hydroxylation sites is 1. The molecule has 1 fully saturated rings. The third-order valence-electron chi connectivity index (χ3n) is 6.64. The number of aromatic nitrogens is 1. The number of amides is 3. The molecule has 0 spiro atoms. The second-order valence-corrected chi connectivity index (χ2v) is 11.2. The topological polar surface area (TPSA) is 148 Å². The van der Waals surface area contributed by atoms with Crippen LogP contribution in [0.5, 0.6) is 5.75 Å². The van der Waals surface area contributed by atoms with Crippen molar-refractivity contribution >= 4 is 47.4 Å². The summed E-state index contributed by atoms with van der Waals surface area (Å²) in [5.74, 6) is 2.47. The van der Waals surface area contributed by atoms with E-state index in [1.807, 2.05) is 63.0 Å². The van der Waals surface area contributed by atoms with Crippen molar-refractivity contribution in [1.82, 2.24) is 26.3 Å². The average molecular weight is 620 g/mol. The molecule has 2 aromatic rings. The molecule has 2 atom stereocenters. The number of unbranched alkanes of at least 4 members (excludes halogenated alkanes) is 2. The van der Waals surface area contributed by atoms with Gasteiger partial charge in [0.25, 0.3) is 0 Å². The molecule has 0 bridgehead atoms. The van der Waals surface area contributed by atoms with E-state index in [1.54, 1.807) is 0 Å². The van der Waals surface area contributed by atoms with E-state index >= 15 is 0 Å². The van der Waals surface area contributed by atoms with Crippen LogP contribution in [0.1, 0.15) is 58.6 Å². The number of ether oxygens (including phenoxy) is 2. The fraction of sp³-hybridized carbons (Fsp3) is 0.581. The largest absolute Gasteiger partial charge is 0.481 e. The van der Waals surface area contributed by atoms with Gasteiger partial charge in [0.15, 0.2) is 6.61 Å². The Kier molecular flexibility index (Phi) is 19.4. The highest BCUT2D eigenvalue weighted by atomic mass is 32.2. The van der Waals surface area contributed by atoms with E-state index in [0.29, 0.717) is 38.3 Å². The van der Waals surface area contributed by atoms with Crippen molar-refractivity contribution in [3.05, 3.63) is 36.0 Å². The molecule has 1 aromatic carbocycles. The smallest absolute Gasteiger partial charge is 0.344 e. The maximum Gasteiger partial charge on any atom is 0.344 e. The van der Waals surface area contributed by atoms with Gasteiger partial charge >= 0.3 is 5.97 Å². The van der Waals surface area contributed by atoms with Gasteiger partial charge in [-0.3, -0.25) is 19.4 Å². The van der Waals surface area contributed by atoms with Crippen LogP contribution in [0.15, 0.2) is 30.3 Å². The van der Waals surface area contributed by atoms with E-state index in [2.05, 4.69) is 40.1 Å². The summed E-state index contributed by atoms with van der Waals surface area (Å²) < 4.78 is 10.6. The quantitative estimate of drug-likeness (QED) is 0.126. The number of likely N-dealkylation sites (N-methyl/N-ethyl adjacent to an activating group) is 1. The fourth-order valence-electron chi connectivity index (χ4n) is 3.89. The van der Waals surface area contributed by atoms with Crippen LogP contribution >= 0.6 is 11.8 Å². The molecule has 3 rings (SSSR count). The van der Waals surface area contributed by atoms with Crippen molar-refractivity contribution in [2.45, 2.75) is 71.4 Å². The lowest BCUT2D eigenvalue weighted by molar-refractivity contribution is -0.146. The number of pyridine rings is 1. The van der Waals surface area contributed by atoms with Crippen LogP contribution in [-0.2, 0) is 23.9 Å². The predicted octanol–water partition coefficient (Wildman–Crippen LogP) is 3.13. The number of carbonyl (C=O) groups excluding carboxylic acids is 4. The summed E-state index contributed by atoms with van der Waals surface area (Å²) in [5, 5.41) is 12.1. The number of nitrogens with one attached hydrogen (secondary N) is 4. The molecule has 0 radical (unpaired) electrons. The highest BCUT2D eigenvalue weighted by Crippen LogP contribution is 2.27. The van der Waals surface area contributed by atoms with Gasteiger partial charge < -0.3 is 30.7 Å². The minimum absolute atomic E-state index is 0.0598. The molecule has 1 aliphatic heterocycles. The first kappa shape index (κ1) is 37.6. The van der Waals surface area contributed by atoms with Crippen molar-refractivity contribution in [3.63, 3.8) is 0 Å². The molecule has 0 saturated carbocycles. The summed E-state index contributed by atoms with van der Waals surface area (Å²) in [5.41, 5.74) is 1.80. The van der Waals surface area contributed by atoms with E-state index in [1.165, 1.54) is 0 Å². The number of nitrogens with zero attached hydrogens (tertiary/aromatic N) is 1. The number of hydrogen-bond donors (Lipinski definition) is 4. The normalized spacial score (nSPS) is 16.9. The molecule has 1 saturated heterocycles. The van der Waals surface area contributed by atoms with E-state index in [-0.39, 0.29) is 30.1 Å². The minimum Gasteiger partial charge on any atom is -0.481 e. The third-order valence-corrected chi connectivity index (χ3v) is 8.01. The van der Waals surface area contributed by atoms with E-state index in [4.69, 9.17) is 9.47 Å². The van der Waals surface area contributed by atoms with Crippen molar-refractivity contribution in [2.24, 2.45) is 0 Å². The predicted molar refractivity (Wildman–Crippen MR) is 172 cm³/mol. The number of esters is 1. The second-order valence-electron chi connectivity index (χ2n) is 10.2. The standard InChI is InChI=1S/C16H19NO3.C8H16N2O2.C7H14N2OS/c1-3-4-9-19-16(18)11-20-15-10-12(2)17-14-8-6-5-7-13(14)15;1-2-3-4-8(12)10-6-5-9-7-11;1-7(8-2)4-11-3-6(7)9-5-10/h5-8,10H,3-4,9,11H2,1-2H3;7H,2-6H2,1H3,(H,9,11)(H,10,12);5-6,8H,3-4H2,1-2H3,(H,9,10). The third kappa shape index (κ3) is 15.1. The Hall–Kier alpha value is -3.38. The maximum absolute atomic E-state index is 11.5. The van der Waals surface area contributed by atoms with Crippen LogP contribution < -0.4 is 26.0 Å². The highest BCUT2D eigenvalue weighted by Gasteiger charge is 2.37. The van der Waals surface area contributed by atoms with Crippen LogP contribution in [0.3, 0.4) is 0 Å². The van der Waals surface area contributed by atoms with E-state index in [9.17, 15) is 19.2 Å². The summed E-state index contributed by atoms with van der Waals surface area (Å²) in [6.45, 7) is 9.53. The Morgan fingerprint density at radius 3 is 2.53 bits per heavy atom. The van der Waals surface area contributed by atoms with Gasteiger partial charge in [-0.1, -0.05) is 38.8 Å². The monoisotopic (exact) mass is 619 g/mol. The van der Waals surface area contributed by atoms with Crippen LogP contribution in [0.4, 0.5) is 0 Å². The molecule has 4 N–H and O–H groups in total. The fourth-order valence-corrected chi connectivity index (χ4v) is 5.48. The molecule has 12 heteroatoms. The van der Waals surface area contributed by atoms with Crippen molar-refractivity contribution < 1.29 is 28.7 Å². The van der Waals surface area contributed by atoms with Crippen molar-refractivity contribution in [2.75, 3.05) is 44.9 Å².